The second-order valence-corrected chi connectivity index (χ2v) is 2.88. The lowest BCUT2D eigenvalue weighted by Crippen LogP contribution is -2.21. The number of halogens is 1. The molecule has 0 unspecified atom stereocenters. The summed E-state index contributed by atoms with van der Waals surface area (Å²) in [5.74, 6) is 1.35. The Bertz CT molecular complexity index is 430. The first-order valence-corrected chi connectivity index (χ1v) is 4.27. The van der Waals surface area contributed by atoms with Gasteiger partial charge in [0.25, 0.3) is 0 Å². The molecule has 0 saturated heterocycles. The number of rotatable bonds is 2. The maximum absolute atomic E-state index is 5.20. The van der Waals surface area contributed by atoms with Crippen LogP contribution in [0.4, 0.5) is 0 Å². The minimum atomic E-state index is -0.0769. The number of nitrogens with two attached hydrogens (primary N) is 2. The fourth-order valence-corrected chi connectivity index (χ4v) is 1.16. The van der Waals surface area contributed by atoms with Gasteiger partial charge in [0.1, 0.15) is 0 Å². The summed E-state index contributed by atoms with van der Waals surface area (Å²) in [6.45, 7) is 0.254. The van der Waals surface area contributed by atoms with Gasteiger partial charge in [0.2, 0.25) is 12.8 Å². The quantitative estimate of drug-likeness (QED) is 0.447. The van der Waals surface area contributed by atoms with Gasteiger partial charge in [-0.25, -0.2) is 0 Å². The summed E-state index contributed by atoms with van der Waals surface area (Å²) in [5.41, 5.74) is 11.1. The van der Waals surface area contributed by atoms with Crippen LogP contribution in [0.15, 0.2) is 28.4 Å². The van der Waals surface area contributed by atoms with Gasteiger partial charge in [-0.3, -0.25) is 0 Å². The van der Waals surface area contributed by atoms with Crippen molar-refractivity contribution in [2.75, 3.05) is 6.79 Å². The first-order chi connectivity index (χ1) is 7.25. The third-order valence-electron chi connectivity index (χ3n) is 1.78. The predicted molar refractivity (Wildman–Crippen MR) is 63.2 cm³/mol. The molecule has 2 rings (SSSR count). The van der Waals surface area contributed by atoms with Gasteiger partial charge in [-0.1, -0.05) is 0 Å². The maximum Gasteiger partial charge on any atom is 0.231 e. The van der Waals surface area contributed by atoms with Crippen molar-refractivity contribution in [3.8, 4) is 11.5 Å². The second kappa shape index (κ2) is 5.22. The number of hydrogen-bond donors (Lipinski definition) is 2. The van der Waals surface area contributed by atoms with Crippen LogP contribution in [0.5, 0.6) is 11.5 Å². The molecule has 0 bridgehead atoms. The van der Waals surface area contributed by atoms with Crippen LogP contribution in [0.3, 0.4) is 0 Å². The van der Waals surface area contributed by atoms with E-state index < -0.39 is 0 Å². The highest BCUT2D eigenvalue weighted by molar-refractivity contribution is 5.85. The summed E-state index contributed by atoms with van der Waals surface area (Å²) >= 11 is 0. The highest BCUT2D eigenvalue weighted by Gasteiger charge is 2.12. The van der Waals surface area contributed by atoms with Crippen LogP contribution in [0, 0.1) is 0 Å². The van der Waals surface area contributed by atoms with Crippen LogP contribution >= 0.6 is 12.4 Å². The van der Waals surface area contributed by atoms with Crippen LogP contribution in [0.2, 0.25) is 0 Å². The van der Waals surface area contributed by atoms with Crippen molar-refractivity contribution < 1.29 is 9.47 Å². The van der Waals surface area contributed by atoms with E-state index in [9.17, 15) is 0 Å². The van der Waals surface area contributed by atoms with Crippen LogP contribution in [-0.2, 0) is 0 Å². The Hall–Kier alpha value is -1.95. The lowest BCUT2D eigenvalue weighted by molar-refractivity contribution is 0.174. The largest absolute Gasteiger partial charge is 0.454 e. The summed E-state index contributed by atoms with van der Waals surface area (Å²) in [5, 5.41) is 7.17. The van der Waals surface area contributed by atoms with E-state index in [2.05, 4.69) is 10.2 Å². The molecule has 7 heteroatoms. The van der Waals surface area contributed by atoms with E-state index in [0.717, 1.165) is 11.3 Å². The Morgan fingerprint density at radius 1 is 1.25 bits per heavy atom. The van der Waals surface area contributed by atoms with Crippen molar-refractivity contribution in [3.63, 3.8) is 0 Å². The molecule has 0 aromatic heterocycles. The van der Waals surface area contributed by atoms with Crippen molar-refractivity contribution in [1.82, 2.24) is 0 Å². The zero-order valence-electron chi connectivity index (χ0n) is 8.29. The molecular formula is C9H11ClN4O2. The van der Waals surface area contributed by atoms with E-state index in [4.69, 9.17) is 20.9 Å². The molecule has 4 N–H and O–H groups in total. The zero-order chi connectivity index (χ0) is 10.7. The summed E-state index contributed by atoms with van der Waals surface area (Å²) < 4.78 is 10.4. The number of benzene rings is 1. The summed E-state index contributed by atoms with van der Waals surface area (Å²) in [7, 11) is 0. The fraction of sp³-hybridized carbons (Fsp3) is 0.111. The number of nitrogens with zero attached hydrogens (tertiary/aromatic N) is 2. The van der Waals surface area contributed by atoms with Gasteiger partial charge in [0.05, 0.1) is 6.21 Å². The van der Waals surface area contributed by atoms with Crippen molar-refractivity contribution in [2.45, 2.75) is 0 Å². The monoisotopic (exact) mass is 242 g/mol. The molecule has 6 nitrogen and oxygen atoms in total. The van der Waals surface area contributed by atoms with Gasteiger partial charge >= 0.3 is 0 Å². The minimum absolute atomic E-state index is 0. The number of hydrogen-bond acceptors (Lipinski definition) is 4. The lowest BCUT2D eigenvalue weighted by Gasteiger charge is -1.95. The number of guanidine groups is 1. The molecule has 0 atom stereocenters. The van der Waals surface area contributed by atoms with Crippen molar-refractivity contribution in [2.24, 2.45) is 21.7 Å². The van der Waals surface area contributed by atoms with Gasteiger partial charge in [0, 0.05) is 0 Å². The Morgan fingerprint density at radius 2 is 2.00 bits per heavy atom. The van der Waals surface area contributed by atoms with Gasteiger partial charge in [-0.15, -0.1) is 17.5 Å². The predicted octanol–water partition coefficient (Wildman–Crippen LogP) is 0.444. The molecule has 0 saturated carbocycles. The van der Waals surface area contributed by atoms with E-state index in [1.165, 1.54) is 6.21 Å². The van der Waals surface area contributed by atoms with E-state index >= 15 is 0 Å². The molecule has 0 spiro atoms. The Kier molecular flexibility index (Phi) is 3.96. The highest BCUT2D eigenvalue weighted by Crippen LogP contribution is 2.31. The standard InChI is InChI=1S/C9H10N4O2.ClH/c10-9(11)13-12-4-6-1-2-7-8(3-6)15-5-14-7;/h1-4H,5H2,(H4,10,11,13);1H. The average molecular weight is 243 g/mol. The third kappa shape index (κ3) is 2.77. The molecule has 0 radical (unpaired) electrons. The van der Waals surface area contributed by atoms with Crippen LogP contribution < -0.4 is 20.9 Å². The summed E-state index contributed by atoms with van der Waals surface area (Å²) in [6, 6.07) is 5.44. The molecule has 86 valence electrons. The molecule has 1 aliphatic heterocycles. The van der Waals surface area contributed by atoms with Crippen LogP contribution in [0.1, 0.15) is 5.56 Å². The van der Waals surface area contributed by atoms with Crippen molar-refractivity contribution in [3.05, 3.63) is 23.8 Å². The molecule has 1 heterocycles. The number of fused-ring (bicyclic) bond motifs is 1. The summed E-state index contributed by atoms with van der Waals surface area (Å²) in [6.07, 6.45) is 1.53. The van der Waals surface area contributed by atoms with Crippen molar-refractivity contribution >= 4 is 24.6 Å². The van der Waals surface area contributed by atoms with Crippen LogP contribution in [0.25, 0.3) is 0 Å². The molecule has 16 heavy (non-hydrogen) atoms. The molecule has 1 aromatic rings. The normalized spacial score (nSPS) is 12.2. The van der Waals surface area contributed by atoms with Crippen molar-refractivity contribution in [1.29, 1.82) is 0 Å². The molecule has 0 fully saturated rings. The minimum Gasteiger partial charge on any atom is -0.454 e. The molecule has 1 aromatic carbocycles. The van der Waals surface area contributed by atoms with E-state index in [0.29, 0.717) is 5.75 Å². The van der Waals surface area contributed by atoms with E-state index in [-0.39, 0.29) is 25.2 Å². The molecule has 0 amide bonds. The van der Waals surface area contributed by atoms with Gasteiger partial charge in [-0.2, -0.15) is 5.10 Å². The molecular weight excluding hydrogens is 232 g/mol. The first kappa shape index (κ1) is 12.1. The molecule has 1 aliphatic rings. The van der Waals surface area contributed by atoms with Crippen LogP contribution in [-0.4, -0.2) is 19.0 Å². The van der Waals surface area contributed by atoms with Gasteiger partial charge in [0.15, 0.2) is 11.5 Å². The van der Waals surface area contributed by atoms with Gasteiger partial charge in [-0.05, 0) is 23.8 Å². The average Bonchev–Trinajstić information content (AvgIpc) is 2.64. The Morgan fingerprint density at radius 3 is 2.75 bits per heavy atom. The van der Waals surface area contributed by atoms with E-state index in [1.54, 1.807) is 12.1 Å². The smallest absolute Gasteiger partial charge is 0.231 e. The lowest BCUT2D eigenvalue weighted by atomic mass is 10.2. The SMILES string of the molecule is Cl.NC(N)=NN=Cc1ccc2c(c1)OCO2. The van der Waals surface area contributed by atoms with E-state index in [1.807, 2.05) is 6.07 Å². The third-order valence-corrected chi connectivity index (χ3v) is 1.78. The highest BCUT2D eigenvalue weighted by atomic mass is 35.5. The summed E-state index contributed by atoms with van der Waals surface area (Å²) in [4.78, 5) is 0. The first-order valence-electron chi connectivity index (χ1n) is 4.27. The zero-order valence-corrected chi connectivity index (χ0v) is 9.11. The fourth-order valence-electron chi connectivity index (χ4n) is 1.16. The second-order valence-electron chi connectivity index (χ2n) is 2.88. The Balaban J connectivity index is 0.00000128. The van der Waals surface area contributed by atoms with Gasteiger partial charge < -0.3 is 20.9 Å². The maximum atomic E-state index is 5.20. The topological polar surface area (TPSA) is 95.2 Å². The number of ether oxygens (including phenoxy) is 2. The molecule has 0 aliphatic carbocycles. The Labute approximate surface area is 98.3 Å².